The first-order valence-electron chi connectivity index (χ1n) is 8.75. The van der Waals surface area contributed by atoms with Crippen LogP contribution in [0.5, 0.6) is 5.75 Å². The molecule has 0 bridgehead atoms. The highest BCUT2D eigenvalue weighted by Gasteiger charge is 2.24. The maximum atomic E-state index is 12.8. The Morgan fingerprint density at radius 2 is 1.92 bits per heavy atom. The van der Waals surface area contributed by atoms with E-state index in [1.165, 1.54) is 5.56 Å². The normalized spacial score (nSPS) is 14.9. The maximum absolute atomic E-state index is 12.8. The minimum Gasteiger partial charge on any atom is -0.496 e. The zero-order valence-electron chi connectivity index (χ0n) is 15.5. The molecule has 2 aromatic rings. The molecular weight excluding hydrogens is 328 g/mol. The third kappa shape index (κ3) is 3.44. The zero-order chi connectivity index (χ0) is 18.7. The molecule has 1 aliphatic rings. The molecule has 3 rings (SSSR count). The number of hydrogen-bond acceptors (Lipinski definition) is 4. The Bertz CT molecular complexity index is 842. The van der Waals surface area contributed by atoms with E-state index in [0.717, 1.165) is 25.3 Å². The van der Waals surface area contributed by atoms with Gasteiger partial charge in [-0.1, -0.05) is 12.1 Å². The molecule has 0 radical (unpaired) electrons. The van der Waals surface area contributed by atoms with E-state index >= 15 is 0 Å². The fourth-order valence-corrected chi connectivity index (χ4v) is 3.37. The van der Waals surface area contributed by atoms with Crippen LogP contribution in [0.3, 0.4) is 0 Å². The van der Waals surface area contributed by atoms with E-state index in [2.05, 4.69) is 11.0 Å². The van der Waals surface area contributed by atoms with Crippen molar-refractivity contribution in [2.45, 2.75) is 13.5 Å². The van der Waals surface area contributed by atoms with Gasteiger partial charge in [0.2, 0.25) is 0 Å². The van der Waals surface area contributed by atoms with Crippen molar-refractivity contribution in [1.82, 2.24) is 14.4 Å². The van der Waals surface area contributed by atoms with Gasteiger partial charge in [0.1, 0.15) is 17.5 Å². The lowest BCUT2D eigenvalue weighted by atomic mass is 10.1. The Hall–Kier alpha value is -2.78. The number of methoxy groups -OCH3 is 1. The molecule has 1 aromatic carbocycles. The number of nitriles is 1. The first-order chi connectivity index (χ1) is 12.5. The van der Waals surface area contributed by atoms with Crippen LogP contribution in [0.25, 0.3) is 0 Å². The van der Waals surface area contributed by atoms with E-state index in [0.29, 0.717) is 30.1 Å². The van der Waals surface area contributed by atoms with Crippen molar-refractivity contribution in [3.63, 3.8) is 0 Å². The lowest BCUT2D eigenvalue weighted by Crippen LogP contribution is -2.48. The largest absolute Gasteiger partial charge is 0.496 e. The van der Waals surface area contributed by atoms with Crippen LogP contribution in [0.15, 0.2) is 30.3 Å². The summed E-state index contributed by atoms with van der Waals surface area (Å²) in [6.07, 6.45) is 0. The van der Waals surface area contributed by atoms with Crippen LogP contribution < -0.4 is 4.74 Å². The highest BCUT2D eigenvalue weighted by molar-refractivity contribution is 5.97. The van der Waals surface area contributed by atoms with Crippen LogP contribution in [0, 0.1) is 18.3 Å². The second-order valence-corrected chi connectivity index (χ2v) is 6.58. The van der Waals surface area contributed by atoms with Crippen molar-refractivity contribution >= 4 is 5.91 Å². The quantitative estimate of drug-likeness (QED) is 0.846. The smallest absolute Gasteiger partial charge is 0.257 e. The summed E-state index contributed by atoms with van der Waals surface area (Å²) < 4.78 is 7.24. The van der Waals surface area contributed by atoms with Crippen molar-refractivity contribution in [1.29, 1.82) is 5.26 Å². The van der Waals surface area contributed by atoms with Crippen LogP contribution >= 0.6 is 0 Å². The molecule has 26 heavy (non-hydrogen) atoms. The third-order valence-corrected chi connectivity index (χ3v) is 5.15. The standard InChI is InChI=1S/C20H24N4O2/c1-15-16(12-17(13-21)22(15)2)14-23-8-10-24(11-9-23)20(25)18-6-4-5-7-19(18)26-3/h4-7,12H,8-11,14H2,1-3H3. The van der Waals surface area contributed by atoms with Gasteiger partial charge in [-0.05, 0) is 30.7 Å². The van der Waals surface area contributed by atoms with Crippen molar-refractivity contribution in [3.05, 3.63) is 52.8 Å². The van der Waals surface area contributed by atoms with Gasteiger partial charge in [0.25, 0.3) is 5.91 Å². The number of rotatable bonds is 4. The molecule has 0 spiro atoms. The van der Waals surface area contributed by atoms with E-state index in [4.69, 9.17) is 4.74 Å². The molecule has 1 aliphatic heterocycles. The van der Waals surface area contributed by atoms with Gasteiger partial charge in [0.05, 0.1) is 12.7 Å². The van der Waals surface area contributed by atoms with Crippen LogP contribution in [0.4, 0.5) is 0 Å². The molecule has 1 amide bonds. The van der Waals surface area contributed by atoms with Gasteiger partial charge in [-0.3, -0.25) is 9.69 Å². The number of ether oxygens (including phenoxy) is 1. The van der Waals surface area contributed by atoms with Crippen molar-refractivity contribution < 1.29 is 9.53 Å². The molecule has 0 N–H and O–H groups in total. The van der Waals surface area contributed by atoms with Gasteiger partial charge in [0, 0.05) is 45.5 Å². The van der Waals surface area contributed by atoms with Crippen LogP contribution in [0.1, 0.15) is 27.3 Å². The van der Waals surface area contributed by atoms with Crippen molar-refractivity contribution in [2.24, 2.45) is 7.05 Å². The summed E-state index contributed by atoms with van der Waals surface area (Å²) in [5.41, 5.74) is 3.59. The van der Waals surface area contributed by atoms with Gasteiger partial charge in [-0.15, -0.1) is 0 Å². The van der Waals surface area contributed by atoms with Gasteiger partial charge in [-0.25, -0.2) is 0 Å². The molecule has 2 heterocycles. The van der Waals surface area contributed by atoms with Crippen LogP contribution in [0.2, 0.25) is 0 Å². The summed E-state index contributed by atoms with van der Waals surface area (Å²) >= 11 is 0. The van der Waals surface area contributed by atoms with E-state index in [1.54, 1.807) is 7.11 Å². The first kappa shape index (κ1) is 18.0. The highest BCUT2D eigenvalue weighted by atomic mass is 16.5. The predicted octanol–water partition coefficient (Wildman–Crippen LogP) is 2.17. The predicted molar refractivity (Wildman–Crippen MR) is 99.0 cm³/mol. The van der Waals surface area contributed by atoms with Crippen LogP contribution in [-0.2, 0) is 13.6 Å². The van der Waals surface area contributed by atoms with Crippen molar-refractivity contribution in [2.75, 3.05) is 33.3 Å². The number of carbonyl (C=O) groups is 1. The van der Waals surface area contributed by atoms with Gasteiger partial charge < -0.3 is 14.2 Å². The molecule has 0 atom stereocenters. The third-order valence-electron chi connectivity index (χ3n) is 5.15. The number of para-hydroxylation sites is 1. The molecule has 1 saturated heterocycles. The second kappa shape index (κ2) is 7.63. The lowest BCUT2D eigenvalue weighted by Gasteiger charge is -2.35. The molecular formula is C20H24N4O2. The Kier molecular flexibility index (Phi) is 5.29. The van der Waals surface area contributed by atoms with E-state index < -0.39 is 0 Å². The van der Waals surface area contributed by atoms with E-state index in [9.17, 15) is 10.1 Å². The first-order valence-corrected chi connectivity index (χ1v) is 8.75. The number of aromatic nitrogens is 1. The van der Waals surface area contributed by atoms with E-state index in [1.807, 2.05) is 53.8 Å². The Morgan fingerprint density at radius 3 is 2.54 bits per heavy atom. The number of amides is 1. The summed E-state index contributed by atoms with van der Waals surface area (Å²) in [5.74, 6) is 0.633. The SMILES string of the molecule is COc1ccccc1C(=O)N1CCN(Cc2cc(C#N)n(C)c2C)CC1. The number of carbonyl (C=O) groups excluding carboxylic acids is 1. The molecule has 136 valence electrons. The number of benzene rings is 1. The fraction of sp³-hybridized carbons (Fsp3) is 0.400. The van der Waals surface area contributed by atoms with Gasteiger partial charge >= 0.3 is 0 Å². The minimum atomic E-state index is 0.0183. The van der Waals surface area contributed by atoms with Gasteiger partial charge in [-0.2, -0.15) is 5.26 Å². The van der Waals surface area contributed by atoms with Crippen molar-refractivity contribution in [3.8, 4) is 11.8 Å². The Labute approximate surface area is 154 Å². The fourth-order valence-electron chi connectivity index (χ4n) is 3.37. The topological polar surface area (TPSA) is 61.5 Å². The minimum absolute atomic E-state index is 0.0183. The number of hydrogen-bond donors (Lipinski definition) is 0. The summed E-state index contributed by atoms with van der Waals surface area (Å²) in [6.45, 7) is 5.85. The average molecular weight is 352 g/mol. The molecule has 6 nitrogen and oxygen atoms in total. The molecule has 0 unspecified atom stereocenters. The molecule has 0 saturated carbocycles. The highest BCUT2D eigenvalue weighted by Crippen LogP contribution is 2.21. The number of nitrogens with zero attached hydrogens (tertiary/aromatic N) is 4. The second-order valence-electron chi connectivity index (χ2n) is 6.58. The molecule has 1 aromatic heterocycles. The van der Waals surface area contributed by atoms with Crippen LogP contribution in [-0.4, -0.2) is 53.6 Å². The summed E-state index contributed by atoms with van der Waals surface area (Å²) in [7, 11) is 3.50. The van der Waals surface area contributed by atoms with Gasteiger partial charge in [0.15, 0.2) is 0 Å². The summed E-state index contributed by atoms with van der Waals surface area (Å²) in [5, 5.41) is 9.17. The summed E-state index contributed by atoms with van der Waals surface area (Å²) in [6, 6.07) is 11.5. The Balaban J connectivity index is 1.63. The molecule has 6 heteroatoms. The zero-order valence-corrected chi connectivity index (χ0v) is 15.5. The maximum Gasteiger partial charge on any atom is 0.257 e. The average Bonchev–Trinajstić information content (AvgIpc) is 2.95. The monoisotopic (exact) mass is 352 g/mol. The molecule has 0 aliphatic carbocycles. The summed E-state index contributed by atoms with van der Waals surface area (Å²) in [4.78, 5) is 17.0. The lowest BCUT2D eigenvalue weighted by molar-refractivity contribution is 0.0625. The van der Waals surface area contributed by atoms with E-state index in [-0.39, 0.29) is 5.91 Å². The Morgan fingerprint density at radius 1 is 1.23 bits per heavy atom. The molecule has 1 fully saturated rings. The number of piperazine rings is 1.